The fourth-order valence-corrected chi connectivity index (χ4v) is 4.08. The van der Waals surface area contributed by atoms with Crippen molar-refractivity contribution < 1.29 is 9.59 Å². The molecule has 0 spiro atoms. The highest BCUT2D eigenvalue weighted by atomic mass is 32.1. The number of rotatable bonds is 6. The van der Waals surface area contributed by atoms with E-state index in [0.717, 1.165) is 18.7 Å². The van der Waals surface area contributed by atoms with Gasteiger partial charge in [-0.15, -0.1) is 0 Å². The number of thiazole rings is 1. The number of carbonyl (C=O) groups excluding carboxylic acids is 2. The van der Waals surface area contributed by atoms with E-state index in [9.17, 15) is 9.59 Å². The van der Waals surface area contributed by atoms with Crippen molar-refractivity contribution >= 4 is 28.4 Å². The zero-order valence-corrected chi connectivity index (χ0v) is 15.8. The second kappa shape index (κ2) is 6.71. The Labute approximate surface area is 155 Å². The zero-order valence-electron chi connectivity index (χ0n) is 14.9. The SMILES string of the molecule is Cc1nc(N2CCN(CC3CC3)C2=O)sc1C(=O)NCc1cnn(C)c1. The summed E-state index contributed by atoms with van der Waals surface area (Å²) in [5.41, 5.74) is 1.59. The van der Waals surface area contributed by atoms with Gasteiger partial charge in [0.25, 0.3) is 5.91 Å². The summed E-state index contributed by atoms with van der Waals surface area (Å²) < 4.78 is 1.70. The Morgan fingerprint density at radius 2 is 2.19 bits per heavy atom. The van der Waals surface area contributed by atoms with E-state index in [-0.39, 0.29) is 11.9 Å². The van der Waals surface area contributed by atoms with Gasteiger partial charge < -0.3 is 10.2 Å². The number of nitrogens with one attached hydrogen (secondary N) is 1. The molecule has 1 N–H and O–H groups in total. The summed E-state index contributed by atoms with van der Waals surface area (Å²) in [7, 11) is 1.84. The van der Waals surface area contributed by atoms with Crippen LogP contribution < -0.4 is 10.2 Å². The van der Waals surface area contributed by atoms with Gasteiger partial charge in [-0.2, -0.15) is 5.10 Å². The lowest BCUT2D eigenvalue weighted by Gasteiger charge is -2.16. The summed E-state index contributed by atoms with van der Waals surface area (Å²) in [6.07, 6.45) is 6.04. The molecule has 0 aromatic carbocycles. The van der Waals surface area contributed by atoms with E-state index in [0.29, 0.717) is 34.7 Å². The van der Waals surface area contributed by atoms with Gasteiger partial charge in [0, 0.05) is 45.0 Å². The van der Waals surface area contributed by atoms with E-state index in [4.69, 9.17) is 0 Å². The molecule has 3 amide bonds. The second-order valence-electron chi connectivity index (χ2n) is 6.94. The van der Waals surface area contributed by atoms with Gasteiger partial charge in [0.15, 0.2) is 5.13 Å². The van der Waals surface area contributed by atoms with Crippen LogP contribution in [0.1, 0.15) is 33.8 Å². The normalized spacial score (nSPS) is 17.2. The van der Waals surface area contributed by atoms with E-state index < -0.39 is 0 Å². The van der Waals surface area contributed by atoms with Crippen molar-refractivity contribution in [2.75, 3.05) is 24.5 Å². The fourth-order valence-electron chi connectivity index (χ4n) is 3.08. The summed E-state index contributed by atoms with van der Waals surface area (Å²) >= 11 is 1.28. The number of amides is 3. The van der Waals surface area contributed by atoms with E-state index in [1.54, 1.807) is 15.8 Å². The van der Waals surface area contributed by atoms with Crippen LogP contribution in [0.4, 0.5) is 9.93 Å². The molecule has 2 aromatic heterocycles. The van der Waals surface area contributed by atoms with Crippen molar-refractivity contribution in [3.63, 3.8) is 0 Å². The van der Waals surface area contributed by atoms with Crippen molar-refractivity contribution in [3.8, 4) is 0 Å². The van der Waals surface area contributed by atoms with Crippen LogP contribution in [0.2, 0.25) is 0 Å². The molecule has 1 saturated heterocycles. The summed E-state index contributed by atoms with van der Waals surface area (Å²) in [6, 6.07) is 0.00738. The Balaban J connectivity index is 1.41. The van der Waals surface area contributed by atoms with Crippen LogP contribution in [0.3, 0.4) is 0 Å². The predicted octanol–water partition coefficient (Wildman–Crippen LogP) is 1.77. The topological polar surface area (TPSA) is 83.4 Å². The monoisotopic (exact) mass is 374 g/mol. The first-order chi connectivity index (χ1) is 12.5. The van der Waals surface area contributed by atoms with Gasteiger partial charge in [-0.25, -0.2) is 9.78 Å². The third kappa shape index (κ3) is 3.44. The molecule has 0 bridgehead atoms. The van der Waals surface area contributed by atoms with E-state index in [2.05, 4.69) is 15.4 Å². The molecule has 3 heterocycles. The molecule has 26 heavy (non-hydrogen) atoms. The van der Waals surface area contributed by atoms with Crippen LogP contribution in [0.25, 0.3) is 0 Å². The molecule has 8 nitrogen and oxygen atoms in total. The molecule has 4 rings (SSSR count). The number of carbonyl (C=O) groups is 2. The van der Waals surface area contributed by atoms with E-state index in [1.165, 1.54) is 24.2 Å². The number of nitrogens with zero attached hydrogens (tertiary/aromatic N) is 5. The molecule has 0 radical (unpaired) electrons. The van der Waals surface area contributed by atoms with Gasteiger partial charge in [-0.3, -0.25) is 14.4 Å². The first-order valence-electron chi connectivity index (χ1n) is 8.81. The van der Waals surface area contributed by atoms with Crippen LogP contribution in [0.5, 0.6) is 0 Å². The lowest BCUT2D eigenvalue weighted by Crippen LogP contribution is -2.33. The van der Waals surface area contributed by atoms with Gasteiger partial charge in [0.05, 0.1) is 11.9 Å². The highest BCUT2D eigenvalue weighted by Gasteiger charge is 2.35. The van der Waals surface area contributed by atoms with E-state index >= 15 is 0 Å². The smallest absolute Gasteiger partial charge is 0.326 e. The average Bonchev–Trinajstić information content (AvgIpc) is 3.02. The quantitative estimate of drug-likeness (QED) is 0.835. The van der Waals surface area contributed by atoms with Crippen LogP contribution in [0.15, 0.2) is 12.4 Å². The Morgan fingerprint density at radius 1 is 1.38 bits per heavy atom. The maximum absolute atomic E-state index is 12.6. The largest absolute Gasteiger partial charge is 0.347 e. The summed E-state index contributed by atoms with van der Waals surface area (Å²) in [6.45, 7) is 4.43. The van der Waals surface area contributed by atoms with Gasteiger partial charge in [-0.1, -0.05) is 11.3 Å². The fraction of sp³-hybridized carbons (Fsp3) is 0.529. The molecule has 0 atom stereocenters. The number of hydrogen-bond donors (Lipinski definition) is 1. The third-order valence-corrected chi connectivity index (χ3v) is 5.88. The first-order valence-corrected chi connectivity index (χ1v) is 9.62. The van der Waals surface area contributed by atoms with Gasteiger partial charge in [0.1, 0.15) is 4.88 Å². The lowest BCUT2D eigenvalue weighted by molar-refractivity contribution is 0.0954. The number of urea groups is 1. The van der Waals surface area contributed by atoms with Crippen LogP contribution in [-0.4, -0.2) is 51.2 Å². The molecule has 1 aliphatic carbocycles. The van der Waals surface area contributed by atoms with Crippen LogP contribution in [-0.2, 0) is 13.6 Å². The number of aryl methyl sites for hydroxylation is 2. The second-order valence-corrected chi connectivity index (χ2v) is 7.92. The highest BCUT2D eigenvalue weighted by Crippen LogP contribution is 2.33. The molecule has 138 valence electrons. The van der Waals surface area contributed by atoms with Crippen molar-refractivity contribution in [3.05, 3.63) is 28.5 Å². The Bertz CT molecular complexity index is 840. The van der Waals surface area contributed by atoms with Gasteiger partial charge in [-0.05, 0) is 25.7 Å². The molecule has 1 saturated carbocycles. The molecule has 2 aromatic rings. The predicted molar refractivity (Wildman–Crippen MR) is 98.3 cm³/mol. The van der Waals surface area contributed by atoms with Gasteiger partial charge >= 0.3 is 6.03 Å². The number of hydrogen-bond acceptors (Lipinski definition) is 5. The maximum Gasteiger partial charge on any atom is 0.326 e. The molecule has 2 fully saturated rings. The third-order valence-electron chi connectivity index (χ3n) is 4.70. The Morgan fingerprint density at radius 3 is 2.88 bits per heavy atom. The minimum absolute atomic E-state index is 0.00738. The lowest BCUT2D eigenvalue weighted by atomic mass is 10.3. The van der Waals surface area contributed by atoms with Crippen LogP contribution in [0, 0.1) is 12.8 Å². The molecule has 9 heteroatoms. The number of aromatic nitrogens is 3. The zero-order chi connectivity index (χ0) is 18.3. The van der Waals surface area contributed by atoms with Crippen LogP contribution >= 0.6 is 11.3 Å². The van der Waals surface area contributed by atoms with Gasteiger partial charge in [0.2, 0.25) is 0 Å². The Hall–Kier alpha value is -2.42. The molecule has 2 aliphatic rings. The number of anilines is 1. The first kappa shape index (κ1) is 17.0. The van der Waals surface area contributed by atoms with Crippen molar-refractivity contribution in [2.45, 2.75) is 26.3 Å². The summed E-state index contributed by atoms with van der Waals surface area (Å²) in [4.78, 5) is 33.7. The molecule has 1 aliphatic heterocycles. The minimum atomic E-state index is -0.170. The van der Waals surface area contributed by atoms with Crippen molar-refractivity contribution in [1.82, 2.24) is 25.0 Å². The minimum Gasteiger partial charge on any atom is -0.347 e. The molecule has 0 unspecified atom stereocenters. The summed E-state index contributed by atoms with van der Waals surface area (Å²) in [5.74, 6) is 0.502. The summed E-state index contributed by atoms with van der Waals surface area (Å²) in [5, 5.41) is 7.59. The van der Waals surface area contributed by atoms with E-state index in [1.807, 2.05) is 25.1 Å². The Kier molecular flexibility index (Phi) is 4.39. The molecular formula is C17H22N6O2S. The standard InChI is InChI=1S/C17H22N6O2S/c1-11-14(15(24)18-7-13-8-19-21(2)9-13)26-16(20-11)23-6-5-22(17(23)25)10-12-3-4-12/h8-9,12H,3-7,10H2,1-2H3,(H,18,24). The van der Waals surface area contributed by atoms with Crippen molar-refractivity contribution in [2.24, 2.45) is 13.0 Å². The molecular weight excluding hydrogens is 352 g/mol. The average molecular weight is 374 g/mol. The maximum atomic E-state index is 12.6. The van der Waals surface area contributed by atoms with Crippen molar-refractivity contribution in [1.29, 1.82) is 0 Å². The highest BCUT2D eigenvalue weighted by molar-refractivity contribution is 7.17.